The topological polar surface area (TPSA) is 66.2 Å². The molecule has 158 valence electrons. The molecule has 1 aliphatic rings. The minimum Gasteiger partial charge on any atom is -0.390 e. The lowest BCUT2D eigenvalue weighted by atomic mass is 10.00. The van der Waals surface area contributed by atoms with Gasteiger partial charge in [-0.15, -0.1) is 0 Å². The van der Waals surface area contributed by atoms with Crippen molar-refractivity contribution in [1.82, 2.24) is 19.4 Å². The number of rotatable bonds is 6. The molecular weight excluding hydrogens is 386 g/mol. The molecule has 0 radical (unpaired) electrons. The number of anilines is 1. The lowest BCUT2D eigenvalue weighted by Crippen LogP contribution is -2.39. The van der Waals surface area contributed by atoms with Crippen molar-refractivity contribution >= 4 is 16.7 Å². The van der Waals surface area contributed by atoms with Gasteiger partial charge in [-0.3, -0.25) is 9.88 Å². The summed E-state index contributed by atoms with van der Waals surface area (Å²) in [4.78, 5) is 11.1. The first-order chi connectivity index (χ1) is 15.2. The molecule has 1 unspecified atom stereocenters. The maximum absolute atomic E-state index is 10.6. The minimum absolute atomic E-state index is 0.445. The predicted molar refractivity (Wildman–Crippen MR) is 124 cm³/mol. The normalized spacial score (nSPS) is 15.0. The van der Waals surface area contributed by atoms with Gasteiger partial charge in [-0.25, -0.2) is 4.98 Å². The summed E-state index contributed by atoms with van der Waals surface area (Å²) in [5.41, 5.74) is 7.92. The van der Waals surface area contributed by atoms with Crippen molar-refractivity contribution in [3.8, 4) is 11.1 Å². The summed E-state index contributed by atoms with van der Waals surface area (Å²) < 4.78 is 2.02. The monoisotopic (exact) mass is 413 g/mol. The molecule has 0 saturated carbocycles. The molecule has 1 aliphatic heterocycles. The zero-order valence-corrected chi connectivity index (χ0v) is 17.7. The van der Waals surface area contributed by atoms with Crippen molar-refractivity contribution in [2.45, 2.75) is 19.1 Å². The molecule has 0 aliphatic carbocycles. The summed E-state index contributed by atoms with van der Waals surface area (Å²) in [5.74, 6) is 0. The van der Waals surface area contributed by atoms with Gasteiger partial charge in [0.05, 0.1) is 29.2 Å². The Balaban J connectivity index is 1.21. The van der Waals surface area contributed by atoms with Crippen LogP contribution in [0.2, 0.25) is 0 Å². The molecule has 31 heavy (non-hydrogen) atoms. The molecule has 0 fully saturated rings. The fraction of sp³-hybridized carbons (Fsp3) is 0.280. The highest BCUT2D eigenvalue weighted by Crippen LogP contribution is 2.25. The van der Waals surface area contributed by atoms with E-state index in [4.69, 9.17) is 0 Å². The highest BCUT2D eigenvalue weighted by molar-refractivity contribution is 5.82. The SMILES string of the molecule is Cn1cnc2ccc(-c3cncc(NCC(O)CN4CCc5ccccc5C4)c3)cc21. The molecule has 6 nitrogen and oxygen atoms in total. The second-order valence-electron chi connectivity index (χ2n) is 8.31. The van der Waals surface area contributed by atoms with Gasteiger partial charge in [0.1, 0.15) is 0 Å². The number of nitrogens with one attached hydrogen (secondary N) is 1. The van der Waals surface area contributed by atoms with Gasteiger partial charge in [-0.1, -0.05) is 30.3 Å². The van der Waals surface area contributed by atoms with Gasteiger partial charge in [0.15, 0.2) is 0 Å². The number of aliphatic hydroxyl groups is 1. The number of fused-ring (bicyclic) bond motifs is 2. The van der Waals surface area contributed by atoms with Crippen LogP contribution in [0.4, 0.5) is 5.69 Å². The van der Waals surface area contributed by atoms with E-state index >= 15 is 0 Å². The number of hydrogen-bond donors (Lipinski definition) is 2. The standard InChI is InChI=1S/C25H27N5O/c1-29-17-28-24-7-6-19(11-25(24)29)21-10-22(13-26-12-21)27-14-23(31)16-30-9-8-18-4-2-3-5-20(18)15-30/h2-7,10-13,17,23,27,31H,8-9,14-16H2,1H3. The number of aliphatic hydroxyl groups excluding tert-OH is 1. The van der Waals surface area contributed by atoms with E-state index in [0.29, 0.717) is 13.1 Å². The Labute approximate surface area is 182 Å². The van der Waals surface area contributed by atoms with Crippen molar-refractivity contribution in [3.05, 3.63) is 78.4 Å². The Morgan fingerprint density at radius 3 is 2.84 bits per heavy atom. The van der Waals surface area contributed by atoms with Crippen LogP contribution in [0.3, 0.4) is 0 Å². The average molecular weight is 414 g/mol. The van der Waals surface area contributed by atoms with E-state index < -0.39 is 6.10 Å². The highest BCUT2D eigenvalue weighted by atomic mass is 16.3. The van der Waals surface area contributed by atoms with Gasteiger partial charge in [0.25, 0.3) is 0 Å². The first-order valence-corrected chi connectivity index (χ1v) is 10.7. The molecule has 0 bridgehead atoms. The van der Waals surface area contributed by atoms with E-state index in [2.05, 4.69) is 62.6 Å². The van der Waals surface area contributed by atoms with Gasteiger partial charge in [0.2, 0.25) is 0 Å². The predicted octanol–water partition coefficient (Wildman–Crippen LogP) is 3.47. The minimum atomic E-state index is -0.445. The third kappa shape index (κ3) is 4.31. The van der Waals surface area contributed by atoms with Crippen LogP contribution in [-0.4, -0.2) is 50.3 Å². The number of nitrogens with zero attached hydrogens (tertiary/aromatic N) is 4. The van der Waals surface area contributed by atoms with E-state index in [1.54, 1.807) is 6.20 Å². The van der Waals surface area contributed by atoms with Crippen LogP contribution in [0.1, 0.15) is 11.1 Å². The van der Waals surface area contributed by atoms with Crippen LogP contribution < -0.4 is 5.32 Å². The molecule has 0 amide bonds. The number of aryl methyl sites for hydroxylation is 1. The summed E-state index contributed by atoms with van der Waals surface area (Å²) in [6, 6.07) is 16.9. The van der Waals surface area contributed by atoms with E-state index in [-0.39, 0.29) is 0 Å². The fourth-order valence-corrected chi connectivity index (χ4v) is 4.31. The van der Waals surface area contributed by atoms with Gasteiger partial charge in [-0.2, -0.15) is 0 Å². The van der Waals surface area contributed by atoms with E-state index in [0.717, 1.165) is 47.4 Å². The molecule has 1 atom stereocenters. The largest absolute Gasteiger partial charge is 0.390 e. The quantitative estimate of drug-likeness (QED) is 0.507. The second kappa shape index (κ2) is 8.49. The zero-order valence-electron chi connectivity index (χ0n) is 17.7. The molecular formula is C25H27N5O. The lowest BCUT2D eigenvalue weighted by Gasteiger charge is -2.30. The number of pyridine rings is 1. The Morgan fingerprint density at radius 1 is 1.06 bits per heavy atom. The van der Waals surface area contributed by atoms with Crippen LogP contribution in [0.5, 0.6) is 0 Å². The molecule has 0 spiro atoms. The zero-order chi connectivity index (χ0) is 21.2. The molecule has 6 heteroatoms. The van der Waals surface area contributed by atoms with Gasteiger partial charge < -0.3 is 15.0 Å². The van der Waals surface area contributed by atoms with Crippen LogP contribution in [0, 0.1) is 0 Å². The van der Waals surface area contributed by atoms with Crippen molar-refractivity contribution in [3.63, 3.8) is 0 Å². The Hall–Kier alpha value is -3.22. The molecule has 5 rings (SSSR count). The van der Waals surface area contributed by atoms with E-state index in [1.165, 1.54) is 11.1 Å². The fourth-order valence-electron chi connectivity index (χ4n) is 4.31. The number of benzene rings is 2. The molecule has 4 aromatic rings. The maximum Gasteiger partial charge on any atom is 0.0955 e. The Bertz CT molecular complexity index is 1200. The number of hydrogen-bond acceptors (Lipinski definition) is 5. The molecule has 2 N–H and O–H groups in total. The highest BCUT2D eigenvalue weighted by Gasteiger charge is 2.18. The summed E-state index contributed by atoms with van der Waals surface area (Å²) in [5, 5.41) is 13.9. The molecule has 2 aromatic heterocycles. The number of β-amino-alcohol motifs (C(OH)–C–C–N with tert-alkyl or cyclic N) is 1. The van der Waals surface area contributed by atoms with E-state index in [1.807, 2.05) is 30.2 Å². The van der Waals surface area contributed by atoms with Crippen molar-refractivity contribution in [2.75, 3.05) is 25.0 Å². The first kappa shape index (κ1) is 19.7. The Morgan fingerprint density at radius 2 is 1.94 bits per heavy atom. The van der Waals surface area contributed by atoms with Crippen LogP contribution in [-0.2, 0) is 20.0 Å². The van der Waals surface area contributed by atoms with Crippen molar-refractivity contribution in [2.24, 2.45) is 7.05 Å². The summed E-state index contributed by atoms with van der Waals surface area (Å²) in [7, 11) is 2.00. The van der Waals surface area contributed by atoms with Gasteiger partial charge >= 0.3 is 0 Å². The first-order valence-electron chi connectivity index (χ1n) is 10.7. The van der Waals surface area contributed by atoms with Crippen LogP contribution in [0.15, 0.2) is 67.3 Å². The number of imidazole rings is 1. The molecule has 2 aromatic carbocycles. The number of aromatic nitrogens is 3. The summed E-state index contributed by atoms with van der Waals surface area (Å²) >= 11 is 0. The van der Waals surface area contributed by atoms with Crippen molar-refractivity contribution < 1.29 is 5.11 Å². The lowest BCUT2D eigenvalue weighted by molar-refractivity contribution is 0.114. The van der Waals surface area contributed by atoms with Crippen LogP contribution in [0.25, 0.3) is 22.2 Å². The smallest absolute Gasteiger partial charge is 0.0955 e. The molecule has 0 saturated heterocycles. The third-order valence-electron chi connectivity index (χ3n) is 6.02. The van der Waals surface area contributed by atoms with Gasteiger partial charge in [-0.05, 0) is 41.3 Å². The average Bonchev–Trinajstić information content (AvgIpc) is 3.18. The molecule has 3 heterocycles. The Kier molecular flexibility index (Phi) is 5.40. The van der Waals surface area contributed by atoms with E-state index in [9.17, 15) is 5.11 Å². The van der Waals surface area contributed by atoms with Crippen LogP contribution >= 0.6 is 0 Å². The van der Waals surface area contributed by atoms with Gasteiger partial charge in [0, 0.05) is 51.2 Å². The maximum atomic E-state index is 10.6. The second-order valence-corrected chi connectivity index (χ2v) is 8.31. The summed E-state index contributed by atoms with van der Waals surface area (Å²) in [6.45, 7) is 3.04. The summed E-state index contributed by atoms with van der Waals surface area (Å²) in [6.07, 6.45) is 6.09. The van der Waals surface area contributed by atoms with Crippen molar-refractivity contribution in [1.29, 1.82) is 0 Å². The third-order valence-corrected chi connectivity index (χ3v) is 6.02.